The first-order valence-corrected chi connectivity index (χ1v) is 9.05. The average Bonchev–Trinajstić information content (AvgIpc) is 2.80. The number of ether oxygens (including phenoxy) is 3. The Labute approximate surface area is 171 Å². The molecule has 8 nitrogen and oxygen atoms in total. The molecule has 0 unspecified atom stereocenters. The predicted octanol–water partition coefficient (Wildman–Crippen LogP) is 1.86. The summed E-state index contributed by atoms with van der Waals surface area (Å²) in [7, 11) is 2.40. The molecule has 1 heterocycles. The average molecular weight is 407 g/mol. The smallest absolute Gasteiger partial charge is 0.355 e. The first-order valence-electron chi connectivity index (χ1n) is 9.05. The van der Waals surface area contributed by atoms with Crippen molar-refractivity contribution in [3.63, 3.8) is 0 Å². The highest BCUT2D eigenvalue weighted by Gasteiger charge is 2.34. The molecule has 0 radical (unpaired) electrons. The molecule has 0 bridgehead atoms. The van der Waals surface area contributed by atoms with Gasteiger partial charge in [-0.2, -0.15) is 0 Å². The molecule has 2 aliphatic rings. The summed E-state index contributed by atoms with van der Waals surface area (Å²) >= 11 is 0. The second kappa shape index (κ2) is 7.57. The quantitative estimate of drug-likeness (QED) is 0.607. The number of anilines is 1. The number of methoxy groups -OCH3 is 2. The Morgan fingerprint density at radius 1 is 0.867 bits per heavy atom. The summed E-state index contributed by atoms with van der Waals surface area (Å²) in [4.78, 5) is 51.8. The fourth-order valence-electron chi connectivity index (χ4n) is 3.60. The number of fused-ring (bicyclic) bond motifs is 2. The summed E-state index contributed by atoms with van der Waals surface area (Å²) in [5.41, 5.74) is 1.53. The number of esters is 2. The van der Waals surface area contributed by atoms with Gasteiger partial charge in [0.05, 0.1) is 26.4 Å². The van der Waals surface area contributed by atoms with Crippen LogP contribution in [-0.4, -0.2) is 51.1 Å². The van der Waals surface area contributed by atoms with Gasteiger partial charge in [0, 0.05) is 27.9 Å². The van der Waals surface area contributed by atoms with Crippen molar-refractivity contribution in [2.24, 2.45) is 0 Å². The molecule has 0 amide bonds. The lowest BCUT2D eigenvalue weighted by molar-refractivity contribution is -0.140. The van der Waals surface area contributed by atoms with Crippen LogP contribution in [0.3, 0.4) is 0 Å². The van der Waals surface area contributed by atoms with Crippen molar-refractivity contribution in [1.82, 2.24) is 0 Å². The monoisotopic (exact) mass is 407 g/mol. The van der Waals surface area contributed by atoms with Gasteiger partial charge in [0.15, 0.2) is 11.6 Å². The van der Waals surface area contributed by atoms with Crippen LogP contribution in [0.1, 0.15) is 31.8 Å². The summed E-state index contributed by atoms with van der Waals surface area (Å²) in [6, 6.07) is 11.2. The van der Waals surface area contributed by atoms with Gasteiger partial charge in [-0.3, -0.25) is 9.59 Å². The summed E-state index contributed by atoms with van der Waals surface area (Å²) in [6.45, 7) is -0.175. The Hall–Kier alpha value is -3.78. The standard InChI is InChI=1S/C22H17NO7/c1-28-21(26)17-10-30-11-23(18(17)22(27)29-2)12-7-8-15-16(9-12)20(25)14-6-4-3-5-13(14)19(15)24/h3-9H,10-11H2,1-2H3. The van der Waals surface area contributed by atoms with Crippen molar-refractivity contribution in [2.45, 2.75) is 0 Å². The van der Waals surface area contributed by atoms with E-state index in [0.29, 0.717) is 16.8 Å². The van der Waals surface area contributed by atoms with E-state index in [2.05, 4.69) is 0 Å². The van der Waals surface area contributed by atoms with E-state index in [1.165, 1.54) is 31.3 Å². The third-order valence-corrected chi connectivity index (χ3v) is 5.05. The lowest BCUT2D eigenvalue weighted by Crippen LogP contribution is -2.39. The van der Waals surface area contributed by atoms with Gasteiger partial charge in [0.25, 0.3) is 0 Å². The second-order valence-electron chi connectivity index (χ2n) is 6.65. The van der Waals surface area contributed by atoms with Gasteiger partial charge in [-0.05, 0) is 18.2 Å². The lowest BCUT2D eigenvalue weighted by atomic mass is 9.84. The number of hydrogen-bond acceptors (Lipinski definition) is 8. The van der Waals surface area contributed by atoms with Crippen LogP contribution < -0.4 is 4.90 Å². The molecular weight excluding hydrogens is 390 g/mol. The number of carbonyl (C=O) groups is 4. The third kappa shape index (κ3) is 2.98. The molecule has 2 aromatic rings. The fraction of sp³-hybridized carbons (Fsp3) is 0.182. The van der Waals surface area contributed by atoms with Crippen LogP contribution in [0.2, 0.25) is 0 Å². The van der Waals surface area contributed by atoms with Crippen LogP contribution in [0, 0.1) is 0 Å². The van der Waals surface area contributed by atoms with Crippen molar-refractivity contribution >= 4 is 29.2 Å². The van der Waals surface area contributed by atoms with E-state index in [-0.39, 0.29) is 47.3 Å². The van der Waals surface area contributed by atoms with Gasteiger partial charge >= 0.3 is 11.9 Å². The molecule has 0 aromatic heterocycles. The van der Waals surface area contributed by atoms with E-state index in [9.17, 15) is 19.2 Å². The van der Waals surface area contributed by atoms with Crippen LogP contribution in [0.4, 0.5) is 5.69 Å². The van der Waals surface area contributed by atoms with E-state index in [1.807, 2.05) is 0 Å². The molecular formula is C22H17NO7. The van der Waals surface area contributed by atoms with Crippen molar-refractivity contribution in [3.05, 3.63) is 76.0 Å². The summed E-state index contributed by atoms with van der Waals surface area (Å²) < 4.78 is 15.0. The molecule has 4 rings (SSSR count). The van der Waals surface area contributed by atoms with Gasteiger partial charge in [0.1, 0.15) is 12.4 Å². The Morgan fingerprint density at radius 3 is 2.10 bits per heavy atom. The maximum atomic E-state index is 13.0. The normalized spacial score (nSPS) is 15.5. The van der Waals surface area contributed by atoms with E-state index in [0.717, 1.165) is 0 Å². The van der Waals surface area contributed by atoms with Gasteiger partial charge in [-0.25, -0.2) is 9.59 Å². The first-order chi connectivity index (χ1) is 14.5. The van der Waals surface area contributed by atoms with Crippen molar-refractivity contribution in [3.8, 4) is 0 Å². The highest BCUT2D eigenvalue weighted by atomic mass is 16.5. The van der Waals surface area contributed by atoms with Gasteiger partial charge in [-0.15, -0.1) is 0 Å². The van der Waals surface area contributed by atoms with Crippen molar-refractivity contribution in [2.75, 3.05) is 32.5 Å². The van der Waals surface area contributed by atoms with Gasteiger partial charge in [0.2, 0.25) is 0 Å². The number of rotatable bonds is 3. The Morgan fingerprint density at radius 2 is 1.47 bits per heavy atom. The highest BCUT2D eigenvalue weighted by Crippen LogP contribution is 2.33. The number of carbonyl (C=O) groups excluding carboxylic acids is 4. The Bertz CT molecular complexity index is 1130. The predicted molar refractivity (Wildman–Crippen MR) is 104 cm³/mol. The van der Waals surface area contributed by atoms with Crippen LogP contribution in [0.15, 0.2) is 53.7 Å². The molecule has 2 aromatic carbocycles. The molecule has 1 aliphatic heterocycles. The maximum absolute atomic E-state index is 13.0. The molecule has 0 fully saturated rings. The number of nitrogens with zero attached hydrogens (tertiary/aromatic N) is 1. The van der Waals surface area contributed by atoms with Crippen LogP contribution >= 0.6 is 0 Å². The van der Waals surface area contributed by atoms with Crippen LogP contribution in [0.5, 0.6) is 0 Å². The largest absolute Gasteiger partial charge is 0.466 e. The third-order valence-electron chi connectivity index (χ3n) is 5.05. The molecule has 152 valence electrons. The second-order valence-corrected chi connectivity index (χ2v) is 6.65. The lowest BCUT2D eigenvalue weighted by Gasteiger charge is -2.32. The molecule has 8 heteroatoms. The Balaban J connectivity index is 1.84. The zero-order valence-corrected chi connectivity index (χ0v) is 16.3. The highest BCUT2D eigenvalue weighted by molar-refractivity contribution is 6.28. The van der Waals surface area contributed by atoms with Crippen LogP contribution in [0.25, 0.3) is 0 Å². The van der Waals surface area contributed by atoms with E-state index in [4.69, 9.17) is 14.2 Å². The number of benzene rings is 2. The number of ketones is 2. The van der Waals surface area contributed by atoms with E-state index >= 15 is 0 Å². The number of hydrogen-bond donors (Lipinski definition) is 0. The zero-order valence-electron chi connectivity index (χ0n) is 16.3. The maximum Gasteiger partial charge on any atom is 0.355 e. The Kier molecular flexibility index (Phi) is 4.93. The minimum atomic E-state index is -0.746. The molecule has 1 aliphatic carbocycles. The first kappa shape index (κ1) is 19.5. The molecule has 0 saturated heterocycles. The van der Waals surface area contributed by atoms with E-state index in [1.54, 1.807) is 30.3 Å². The summed E-state index contributed by atoms with van der Waals surface area (Å²) in [5.74, 6) is -2.01. The van der Waals surface area contributed by atoms with E-state index < -0.39 is 11.9 Å². The molecule has 0 N–H and O–H groups in total. The minimum absolute atomic E-state index is 0.000990. The molecule has 0 saturated carbocycles. The summed E-state index contributed by atoms with van der Waals surface area (Å²) in [5, 5.41) is 0. The molecule has 0 spiro atoms. The molecule has 30 heavy (non-hydrogen) atoms. The minimum Gasteiger partial charge on any atom is -0.466 e. The van der Waals surface area contributed by atoms with Crippen molar-refractivity contribution < 1.29 is 33.4 Å². The fourth-order valence-corrected chi connectivity index (χ4v) is 3.60. The topological polar surface area (TPSA) is 99.2 Å². The van der Waals surface area contributed by atoms with Gasteiger partial charge < -0.3 is 19.1 Å². The van der Waals surface area contributed by atoms with Crippen LogP contribution in [-0.2, 0) is 23.8 Å². The summed E-state index contributed by atoms with van der Waals surface area (Å²) in [6.07, 6.45) is 0. The zero-order chi connectivity index (χ0) is 21.4. The SMILES string of the molecule is COC(=O)C1=C(C(=O)OC)N(c2ccc3c(c2)C(=O)c2ccccc2C3=O)COC1. The van der Waals surface area contributed by atoms with Gasteiger partial charge in [-0.1, -0.05) is 24.3 Å². The van der Waals surface area contributed by atoms with Crippen molar-refractivity contribution in [1.29, 1.82) is 0 Å². The molecule has 0 atom stereocenters.